The Labute approximate surface area is 220 Å². The summed E-state index contributed by atoms with van der Waals surface area (Å²) in [6, 6.07) is 13.3. The molecule has 3 rings (SSSR count). The van der Waals surface area contributed by atoms with Crippen molar-refractivity contribution in [1.29, 1.82) is 0 Å². The van der Waals surface area contributed by atoms with E-state index in [1.165, 1.54) is 18.9 Å². The Bertz CT molecular complexity index is 1250. The molecule has 1 unspecified atom stereocenters. The molecule has 0 saturated heterocycles. The lowest BCUT2D eigenvalue weighted by molar-refractivity contribution is -0.223. The summed E-state index contributed by atoms with van der Waals surface area (Å²) in [6.45, 7) is 7.25. The minimum Gasteiger partial charge on any atom is -0.496 e. The molecule has 1 heterocycles. The van der Waals surface area contributed by atoms with Gasteiger partial charge < -0.3 is 13.9 Å². The van der Waals surface area contributed by atoms with E-state index in [2.05, 4.69) is 19.6 Å². The van der Waals surface area contributed by atoms with Gasteiger partial charge in [-0.15, -0.1) is 11.8 Å². The molecule has 0 amide bonds. The van der Waals surface area contributed by atoms with Crippen molar-refractivity contribution in [1.82, 2.24) is 0 Å². The molecule has 4 nitrogen and oxygen atoms in total. The van der Waals surface area contributed by atoms with Crippen molar-refractivity contribution in [3.8, 4) is 17.1 Å². The van der Waals surface area contributed by atoms with Gasteiger partial charge in [-0.3, -0.25) is 0 Å². The first kappa shape index (κ1) is 28.7. The van der Waals surface area contributed by atoms with Crippen LogP contribution in [0.25, 0.3) is 22.3 Å². The predicted octanol–water partition coefficient (Wildman–Crippen LogP) is 8.62. The predicted molar refractivity (Wildman–Crippen MR) is 142 cm³/mol. The third-order valence-electron chi connectivity index (χ3n) is 6.20. The van der Waals surface area contributed by atoms with Crippen molar-refractivity contribution < 1.29 is 31.9 Å². The Morgan fingerprint density at radius 2 is 1.86 bits per heavy atom. The molecule has 200 valence electrons. The Hall–Kier alpha value is -2.87. The summed E-state index contributed by atoms with van der Waals surface area (Å²) in [5.74, 6) is 0.176. The molecule has 0 aliphatic heterocycles. The molecule has 37 heavy (non-hydrogen) atoms. The van der Waals surface area contributed by atoms with Crippen LogP contribution in [0.5, 0.6) is 5.75 Å². The van der Waals surface area contributed by atoms with Crippen LogP contribution in [-0.2, 0) is 16.0 Å². The summed E-state index contributed by atoms with van der Waals surface area (Å²) in [7, 11) is 1.62. The van der Waals surface area contributed by atoms with E-state index in [4.69, 9.17) is 13.9 Å². The molecule has 0 spiro atoms. The van der Waals surface area contributed by atoms with Gasteiger partial charge in [0.2, 0.25) is 0 Å². The molecule has 3 aromatic rings. The second-order valence-corrected chi connectivity index (χ2v) is 10.6. The van der Waals surface area contributed by atoms with Gasteiger partial charge in [0.25, 0.3) is 0 Å². The number of esters is 1. The molecule has 0 bridgehead atoms. The molecule has 0 aliphatic rings. The zero-order valence-electron chi connectivity index (χ0n) is 21.7. The van der Waals surface area contributed by atoms with E-state index >= 15 is 0 Å². The summed E-state index contributed by atoms with van der Waals surface area (Å²) in [5, 5.41) is 0.836. The summed E-state index contributed by atoms with van der Waals surface area (Å²) in [4.78, 5) is 12.3. The number of carbonyl (C=O) groups excluding carboxylic acids is 1. The molecule has 0 saturated carbocycles. The number of alkyl halides is 3. The lowest BCUT2D eigenvalue weighted by Crippen LogP contribution is -2.42. The van der Waals surface area contributed by atoms with Crippen LogP contribution in [0.1, 0.15) is 45.6 Å². The number of aryl methyl sites for hydroxylation is 1. The van der Waals surface area contributed by atoms with E-state index in [-0.39, 0.29) is 11.3 Å². The van der Waals surface area contributed by atoms with Crippen molar-refractivity contribution in [3.05, 3.63) is 60.2 Å². The second-order valence-electron chi connectivity index (χ2n) is 9.51. The molecule has 1 atom stereocenters. The molecule has 0 radical (unpaired) electrons. The van der Waals surface area contributed by atoms with Gasteiger partial charge in [0.05, 0.1) is 12.7 Å². The fourth-order valence-corrected chi connectivity index (χ4v) is 4.79. The van der Waals surface area contributed by atoms with E-state index < -0.39 is 24.2 Å². The smallest absolute Gasteiger partial charge is 0.398 e. The van der Waals surface area contributed by atoms with E-state index in [1.807, 2.05) is 24.3 Å². The van der Waals surface area contributed by atoms with E-state index in [1.54, 1.807) is 19.2 Å². The fourth-order valence-electron chi connectivity index (χ4n) is 3.70. The third kappa shape index (κ3) is 7.12. The summed E-state index contributed by atoms with van der Waals surface area (Å²) in [5.41, 5.74) is 0.412. The van der Waals surface area contributed by atoms with E-state index in [0.717, 1.165) is 48.9 Å². The summed E-state index contributed by atoms with van der Waals surface area (Å²) in [6.07, 6.45) is -0.124. The number of hydrogen-bond donors (Lipinski definition) is 0. The monoisotopic (exact) mass is 534 g/mol. The number of rotatable bonds is 12. The maximum Gasteiger partial charge on any atom is 0.398 e. The number of hydrogen-bond acceptors (Lipinski definition) is 5. The van der Waals surface area contributed by atoms with Gasteiger partial charge in [-0.05, 0) is 68.7 Å². The Balaban J connectivity index is 1.78. The van der Waals surface area contributed by atoms with Crippen molar-refractivity contribution in [3.63, 3.8) is 0 Å². The van der Waals surface area contributed by atoms with Gasteiger partial charge >= 0.3 is 12.1 Å². The van der Waals surface area contributed by atoms with Crippen molar-refractivity contribution in [2.45, 2.75) is 57.5 Å². The highest BCUT2D eigenvalue weighted by atomic mass is 32.2. The molecule has 1 aromatic heterocycles. The van der Waals surface area contributed by atoms with E-state index in [9.17, 15) is 18.0 Å². The largest absolute Gasteiger partial charge is 0.496 e. The Kier molecular flexibility index (Phi) is 9.40. The molecule has 0 fully saturated rings. The summed E-state index contributed by atoms with van der Waals surface area (Å²) < 4.78 is 58.1. The minimum atomic E-state index is -4.56. The molecular weight excluding hydrogens is 501 g/mol. The zero-order valence-corrected chi connectivity index (χ0v) is 22.5. The fraction of sp³-hybridized carbons (Fsp3) is 0.414. The van der Waals surface area contributed by atoms with Crippen LogP contribution >= 0.6 is 11.8 Å². The van der Waals surface area contributed by atoms with Gasteiger partial charge in [0, 0.05) is 21.6 Å². The highest BCUT2D eigenvalue weighted by Crippen LogP contribution is 2.43. The average molecular weight is 535 g/mol. The topological polar surface area (TPSA) is 48.7 Å². The number of thioether (sulfide) groups is 1. The number of methoxy groups -OCH3 is 1. The molecule has 2 aromatic carbocycles. The Morgan fingerprint density at radius 1 is 1.11 bits per heavy atom. The third-order valence-corrected chi connectivity index (χ3v) is 7.57. The van der Waals surface area contributed by atoms with Crippen LogP contribution in [0.15, 0.2) is 63.9 Å². The maximum atomic E-state index is 13.8. The lowest BCUT2D eigenvalue weighted by Gasteiger charge is -2.31. The van der Waals surface area contributed by atoms with Crippen LogP contribution < -0.4 is 4.74 Å². The number of ether oxygens (including phenoxy) is 2. The average Bonchev–Trinajstić information content (AvgIpc) is 3.28. The highest BCUT2D eigenvalue weighted by Gasteiger charge is 2.52. The van der Waals surface area contributed by atoms with Crippen LogP contribution in [0, 0.1) is 5.41 Å². The van der Waals surface area contributed by atoms with Gasteiger partial charge in [-0.25, -0.2) is 4.79 Å². The molecular formula is C29H33F3O4S. The van der Waals surface area contributed by atoms with Gasteiger partial charge in [-0.1, -0.05) is 32.4 Å². The molecule has 8 heteroatoms. The van der Waals surface area contributed by atoms with Gasteiger partial charge in [0.15, 0.2) is 0 Å². The normalized spacial score (nSPS) is 13.4. The maximum absolute atomic E-state index is 13.8. The highest BCUT2D eigenvalue weighted by molar-refractivity contribution is 7.99. The first-order valence-corrected chi connectivity index (χ1v) is 13.2. The second kappa shape index (κ2) is 12.1. The number of halogens is 3. The number of fused-ring (bicyclic) bond motifs is 1. The quantitative estimate of drug-likeness (QED) is 0.101. The first-order valence-electron chi connectivity index (χ1n) is 12.2. The van der Waals surface area contributed by atoms with E-state index in [0.29, 0.717) is 22.0 Å². The van der Waals surface area contributed by atoms with Crippen LogP contribution in [0.4, 0.5) is 13.2 Å². The first-order chi connectivity index (χ1) is 17.5. The van der Waals surface area contributed by atoms with Crippen molar-refractivity contribution in [2.24, 2.45) is 5.41 Å². The minimum absolute atomic E-state index is 0.0546. The van der Waals surface area contributed by atoms with Crippen molar-refractivity contribution >= 4 is 28.7 Å². The lowest BCUT2D eigenvalue weighted by atomic mass is 9.94. The number of unbranched alkanes of at least 4 members (excludes halogenated alkanes) is 2. The van der Waals surface area contributed by atoms with Crippen LogP contribution in [-0.4, -0.2) is 31.6 Å². The number of furan rings is 1. The zero-order chi connectivity index (χ0) is 27.2. The van der Waals surface area contributed by atoms with Crippen LogP contribution in [0.3, 0.4) is 0 Å². The summed E-state index contributed by atoms with van der Waals surface area (Å²) >= 11 is 1.03. The van der Waals surface area contributed by atoms with Crippen LogP contribution in [0.2, 0.25) is 0 Å². The van der Waals surface area contributed by atoms with Crippen molar-refractivity contribution in [2.75, 3.05) is 19.5 Å². The molecule has 0 aliphatic carbocycles. The Morgan fingerprint density at radius 3 is 2.51 bits per heavy atom. The van der Waals surface area contributed by atoms with Gasteiger partial charge in [-0.2, -0.15) is 13.2 Å². The standard InChI is InChI=1S/C29H33F3O4S/c1-6-7-8-9-20-10-13-23(25(14-20)34-5)26-15-21-11-12-22(16-24(21)36-26)37-18-28(4,29(30,31)32)17-35-27(33)19(2)3/h10-16H,2,6-9,17-18H2,1,3-5H3. The van der Waals surface area contributed by atoms with Gasteiger partial charge in [0.1, 0.15) is 29.1 Å². The molecule has 0 N–H and O–H groups in total. The SMILES string of the molecule is C=C(C)C(=O)OCC(C)(CSc1ccc2cc(-c3ccc(CCCCC)cc3OC)oc2c1)C(F)(F)F. The number of carbonyl (C=O) groups is 1. The number of benzene rings is 2.